The van der Waals surface area contributed by atoms with Gasteiger partial charge in [-0.1, -0.05) is 35.9 Å². The average molecular weight is 450 g/mol. The van der Waals surface area contributed by atoms with Gasteiger partial charge < -0.3 is 4.42 Å². The molecule has 0 aliphatic carbocycles. The van der Waals surface area contributed by atoms with Crippen molar-refractivity contribution in [1.29, 1.82) is 0 Å². The van der Waals surface area contributed by atoms with Crippen molar-refractivity contribution in [3.8, 4) is 0 Å². The van der Waals surface area contributed by atoms with Gasteiger partial charge in [-0.05, 0) is 61.0 Å². The molecule has 0 aliphatic rings. The molecule has 6 nitrogen and oxygen atoms in total. The molecule has 0 radical (unpaired) electrons. The number of rotatable bonds is 6. The number of hydrogen-bond acceptors (Lipinski definition) is 5. The Morgan fingerprint density at radius 3 is 2.47 bits per heavy atom. The van der Waals surface area contributed by atoms with E-state index in [9.17, 15) is 17.6 Å². The molecule has 0 atom stereocenters. The SMILES string of the molecule is Cc1ccc(S(=O)(=O)c2ccc(C(=O)N(Cc3cccc(F)c3)c3ccccn3)o2)cc1. The molecule has 2 aromatic carbocycles. The molecule has 4 rings (SSSR count). The van der Waals surface area contributed by atoms with Gasteiger partial charge in [0.05, 0.1) is 11.4 Å². The molecule has 0 spiro atoms. The highest BCUT2D eigenvalue weighted by molar-refractivity contribution is 7.91. The molecule has 0 N–H and O–H groups in total. The van der Waals surface area contributed by atoms with E-state index in [1.807, 2.05) is 6.92 Å². The quantitative estimate of drug-likeness (QED) is 0.421. The lowest BCUT2D eigenvalue weighted by Crippen LogP contribution is -2.30. The van der Waals surface area contributed by atoms with Gasteiger partial charge in [-0.25, -0.2) is 17.8 Å². The summed E-state index contributed by atoms with van der Waals surface area (Å²) in [6.07, 6.45) is 1.52. The van der Waals surface area contributed by atoms with Gasteiger partial charge in [-0.3, -0.25) is 9.69 Å². The van der Waals surface area contributed by atoms with Crippen LogP contribution in [0.4, 0.5) is 10.2 Å². The number of amides is 1. The van der Waals surface area contributed by atoms with Gasteiger partial charge in [0.1, 0.15) is 11.6 Å². The number of anilines is 1. The first-order valence-corrected chi connectivity index (χ1v) is 11.2. The summed E-state index contributed by atoms with van der Waals surface area (Å²) in [7, 11) is -3.93. The average Bonchev–Trinajstić information content (AvgIpc) is 3.29. The predicted molar refractivity (Wildman–Crippen MR) is 116 cm³/mol. The van der Waals surface area contributed by atoms with Gasteiger partial charge in [0.2, 0.25) is 14.9 Å². The second kappa shape index (κ2) is 8.76. The predicted octanol–water partition coefficient (Wildman–Crippen LogP) is 4.80. The lowest BCUT2D eigenvalue weighted by molar-refractivity contribution is 0.0952. The van der Waals surface area contributed by atoms with Crippen LogP contribution >= 0.6 is 0 Å². The maximum atomic E-state index is 13.7. The first-order valence-electron chi connectivity index (χ1n) is 9.73. The second-order valence-electron chi connectivity index (χ2n) is 7.14. The zero-order valence-corrected chi connectivity index (χ0v) is 17.9. The van der Waals surface area contributed by atoms with Crippen molar-refractivity contribution in [1.82, 2.24) is 4.98 Å². The minimum absolute atomic E-state index is 0.0222. The molecule has 1 amide bonds. The highest BCUT2D eigenvalue weighted by Gasteiger charge is 2.27. The maximum Gasteiger partial charge on any atom is 0.295 e. The van der Waals surface area contributed by atoms with Gasteiger partial charge in [-0.2, -0.15) is 0 Å². The molecule has 2 heterocycles. The van der Waals surface area contributed by atoms with Crippen molar-refractivity contribution in [2.24, 2.45) is 0 Å². The summed E-state index contributed by atoms with van der Waals surface area (Å²) in [5.41, 5.74) is 1.46. The third-order valence-electron chi connectivity index (χ3n) is 4.79. The molecule has 0 unspecified atom stereocenters. The number of halogens is 1. The van der Waals surface area contributed by atoms with E-state index < -0.39 is 21.6 Å². The van der Waals surface area contributed by atoms with Gasteiger partial charge in [0.15, 0.2) is 5.76 Å². The zero-order valence-electron chi connectivity index (χ0n) is 17.1. The number of aryl methyl sites for hydroxylation is 1. The molecule has 0 aliphatic heterocycles. The van der Waals surface area contributed by atoms with Crippen molar-refractivity contribution in [2.45, 2.75) is 23.5 Å². The molecule has 32 heavy (non-hydrogen) atoms. The molecule has 0 saturated carbocycles. The normalized spacial score (nSPS) is 11.3. The van der Waals surface area contributed by atoms with Crippen LogP contribution in [-0.4, -0.2) is 19.3 Å². The molecule has 162 valence electrons. The van der Waals surface area contributed by atoms with Crippen LogP contribution in [0, 0.1) is 12.7 Å². The summed E-state index contributed by atoms with van der Waals surface area (Å²) in [6.45, 7) is 1.87. The van der Waals surface area contributed by atoms with E-state index in [1.165, 1.54) is 47.5 Å². The van der Waals surface area contributed by atoms with Crippen LogP contribution in [0.25, 0.3) is 0 Å². The third kappa shape index (κ3) is 4.45. The summed E-state index contributed by atoms with van der Waals surface area (Å²) in [5.74, 6) is -0.877. The minimum atomic E-state index is -3.93. The molecular formula is C24H19FN2O4S. The van der Waals surface area contributed by atoms with Crippen LogP contribution in [0.2, 0.25) is 0 Å². The number of sulfone groups is 1. The topological polar surface area (TPSA) is 80.5 Å². The Kier molecular flexibility index (Phi) is 5.87. The lowest BCUT2D eigenvalue weighted by atomic mass is 10.2. The number of carbonyl (C=O) groups excluding carboxylic acids is 1. The van der Waals surface area contributed by atoms with E-state index in [1.54, 1.807) is 42.5 Å². The van der Waals surface area contributed by atoms with Crippen LogP contribution in [0.3, 0.4) is 0 Å². The highest BCUT2D eigenvalue weighted by Crippen LogP contribution is 2.25. The molecule has 8 heteroatoms. The summed E-state index contributed by atoms with van der Waals surface area (Å²) in [6, 6.07) is 19.8. The molecular weight excluding hydrogens is 431 g/mol. The van der Waals surface area contributed by atoms with Gasteiger partial charge >= 0.3 is 0 Å². The number of furan rings is 1. The van der Waals surface area contributed by atoms with Crippen LogP contribution < -0.4 is 4.90 Å². The van der Waals surface area contributed by atoms with Crippen LogP contribution in [0.15, 0.2) is 99.5 Å². The number of hydrogen-bond donors (Lipinski definition) is 0. The molecule has 0 bridgehead atoms. The third-order valence-corrected chi connectivity index (χ3v) is 6.43. The summed E-state index contributed by atoms with van der Waals surface area (Å²) in [4.78, 5) is 18.8. The minimum Gasteiger partial charge on any atom is -0.439 e. The van der Waals surface area contributed by atoms with Crippen molar-refractivity contribution in [2.75, 3.05) is 4.90 Å². The van der Waals surface area contributed by atoms with Gasteiger partial charge in [0.25, 0.3) is 5.91 Å². The molecule has 4 aromatic rings. The number of nitrogens with zero attached hydrogens (tertiary/aromatic N) is 2. The van der Waals surface area contributed by atoms with E-state index in [0.717, 1.165) is 5.56 Å². The van der Waals surface area contributed by atoms with E-state index in [-0.39, 0.29) is 22.3 Å². The zero-order chi connectivity index (χ0) is 22.7. The Balaban J connectivity index is 1.67. The number of aromatic nitrogens is 1. The van der Waals surface area contributed by atoms with Crippen molar-refractivity contribution in [3.05, 3.63) is 108 Å². The Morgan fingerprint density at radius 1 is 1.00 bits per heavy atom. The van der Waals surface area contributed by atoms with Crippen molar-refractivity contribution >= 4 is 21.6 Å². The van der Waals surface area contributed by atoms with Gasteiger partial charge in [-0.15, -0.1) is 0 Å². The maximum absolute atomic E-state index is 13.7. The summed E-state index contributed by atoms with van der Waals surface area (Å²) in [5, 5.41) is -0.337. The Morgan fingerprint density at radius 2 is 1.78 bits per heavy atom. The Bertz CT molecular complexity index is 1350. The van der Waals surface area contributed by atoms with Crippen LogP contribution in [-0.2, 0) is 16.4 Å². The van der Waals surface area contributed by atoms with Crippen molar-refractivity contribution in [3.63, 3.8) is 0 Å². The van der Waals surface area contributed by atoms with E-state index in [2.05, 4.69) is 4.98 Å². The smallest absolute Gasteiger partial charge is 0.295 e. The first kappa shape index (κ1) is 21.5. The molecule has 0 fully saturated rings. The lowest BCUT2D eigenvalue weighted by Gasteiger charge is -2.20. The number of benzene rings is 2. The first-order chi connectivity index (χ1) is 15.3. The fraction of sp³-hybridized carbons (Fsp3) is 0.0833. The fourth-order valence-corrected chi connectivity index (χ4v) is 4.31. The van der Waals surface area contributed by atoms with Gasteiger partial charge in [0, 0.05) is 6.20 Å². The van der Waals surface area contributed by atoms with Crippen LogP contribution in [0.5, 0.6) is 0 Å². The summed E-state index contributed by atoms with van der Waals surface area (Å²) < 4.78 is 44.9. The molecule has 0 saturated heterocycles. The largest absolute Gasteiger partial charge is 0.439 e. The van der Waals surface area contributed by atoms with Crippen molar-refractivity contribution < 1.29 is 22.0 Å². The fourth-order valence-electron chi connectivity index (χ4n) is 3.13. The van der Waals surface area contributed by atoms with E-state index >= 15 is 0 Å². The Labute approximate surface area is 184 Å². The molecule has 2 aromatic heterocycles. The standard InChI is InChI=1S/C24H19FN2O4S/c1-17-8-10-20(11-9-17)32(29,30)23-13-12-21(31-23)24(28)27(22-7-2-3-14-26-22)16-18-5-4-6-19(25)15-18/h2-15H,16H2,1H3. The summed E-state index contributed by atoms with van der Waals surface area (Å²) >= 11 is 0. The number of carbonyl (C=O) groups is 1. The Hall–Kier alpha value is -3.78. The van der Waals surface area contributed by atoms with Crippen LogP contribution in [0.1, 0.15) is 21.7 Å². The monoisotopic (exact) mass is 450 g/mol. The van der Waals surface area contributed by atoms with E-state index in [4.69, 9.17) is 4.42 Å². The van der Waals surface area contributed by atoms with E-state index in [0.29, 0.717) is 11.4 Å². The second-order valence-corrected chi connectivity index (χ2v) is 9.02. The number of pyridine rings is 1. The highest BCUT2D eigenvalue weighted by atomic mass is 32.2.